The number of H-pyrrole nitrogens is 1. The summed E-state index contributed by atoms with van der Waals surface area (Å²) in [4.78, 5) is 4.25. The third-order valence-corrected chi connectivity index (χ3v) is 3.12. The fourth-order valence-corrected chi connectivity index (χ4v) is 2.21. The van der Waals surface area contributed by atoms with Crippen LogP contribution in [0.3, 0.4) is 0 Å². The average molecular weight is 258 g/mol. The molecular weight excluding hydrogens is 244 g/mol. The number of aromatic amines is 1. The number of hydrogen-bond acceptors (Lipinski definition) is 4. The van der Waals surface area contributed by atoms with Crippen LogP contribution in [0.25, 0.3) is 0 Å². The summed E-state index contributed by atoms with van der Waals surface area (Å²) in [6.45, 7) is 2.27. The summed E-state index contributed by atoms with van der Waals surface area (Å²) in [6, 6.07) is 8.11. The maximum atomic E-state index is 5.35. The highest BCUT2D eigenvalue weighted by Crippen LogP contribution is 2.19. The lowest BCUT2D eigenvalue weighted by atomic mass is 10.1. The first kappa shape index (κ1) is 12.7. The Labute approximate surface area is 110 Å². The molecule has 0 spiro atoms. The Balaban J connectivity index is 2.01. The van der Waals surface area contributed by atoms with E-state index in [4.69, 9.17) is 5.73 Å². The van der Waals surface area contributed by atoms with Crippen molar-refractivity contribution in [2.24, 2.45) is 5.73 Å². The molecule has 3 N–H and O–H groups in total. The van der Waals surface area contributed by atoms with Crippen molar-refractivity contribution in [1.29, 1.82) is 0 Å². The van der Waals surface area contributed by atoms with E-state index in [2.05, 4.69) is 39.2 Å². The summed E-state index contributed by atoms with van der Waals surface area (Å²) >= 11 is 1.60. The second-order valence-electron chi connectivity index (χ2n) is 3.70. The summed E-state index contributed by atoms with van der Waals surface area (Å²) in [5.41, 5.74) is 7.54. The van der Waals surface area contributed by atoms with E-state index in [9.17, 15) is 0 Å². The average Bonchev–Trinajstić information content (AvgIpc) is 2.80. The molecule has 0 aliphatic carbocycles. The van der Waals surface area contributed by atoms with Crippen molar-refractivity contribution < 1.29 is 0 Å². The predicted octanol–water partition coefficient (Wildman–Crippen LogP) is 1.72. The van der Waals surface area contributed by atoms with E-state index in [-0.39, 0.29) is 0 Å². The van der Waals surface area contributed by atoms with Crippen molar-refractivity contribution in [1.82, 2.24) is 15.2 Å². The van der Waals surface area contributed by atoms with Crippen LogP contribution >= 0.6 is 11.8 Å². The minimum Gasteiger partial charge on any atom is -0.320 e. The van der Waals surface area contributed by atoms with Gasteiger partial charge in [-0.2, -0.15) is 0 Å². The zero-order valence-electron chi connectivity index (χ0n) is 10.1. The van der Waals surface area contributed by atoms with Crippen molar-refractivity contribution in [3.8, 4) is 11.8 Å². The Kier molecular flexibility index (Phi) is 4.40. The minimum atomic E-state index is 0.384. The van der Waals surface area contributed by atoms with Gasteiger partial charge >= 0.3 is 0 Å². The van der Waals surface area contributed by atoms with E-state index < -0.39 is 0 Å². The molecule has 0 amide bonds. The summed E-state index contributed by atoms with van der Waals surface area (Å²) in [5.74, 6) is 7.54. The molecule has 4 nitrogen and oxygen atoms in total. The largest absolute Gasteiger partial charge is 0.320 e. The first-order valence-electron chi connectivity index (χ1n) is 5.57. The number of nitrogens with two attached hydrogens (primary N) is 1. The van der Waals surface area contributed by atoms with Crippen molar-refractivity contribution in [3.63, 3.8) is 0 Å². The lowest BCUT2D eigenvalue weighted by Gasteiger charge is -1.99. The molecule has 0 atom stereocenters. The molecule has 92 valence electrons. The Morgan fingerprint density at radius 1 is 1.44 bits per heavy atom. The van der Waals surface area contributed by atoms with Gasteiger partial charge in [-0.25, -0.2) is 4.98 Å². The van der Waals surface area contributed by atoms with Gasteiger partial charge in [-0.05, 0) is 24.6 Å². The Bertz CT molecular complexity index is 580. The molecule has 0 bridgehead atoms. The van der Waals surface area contributed by atoms with E-state index in [1.54, 1.807) is 11.8 Å². The molecular formula is C13H14N4S. The summed E-state index contributed by atoms with van der Waals surface area (Å²) in [5, 5.41) is 7.68. The highest BCUT2D eigenvalue weighted by atomic mass is 32.2. The quantitative estimate of drug-likeness (QED) is 0.649. The highest BCUT2D eigenvalue weighted by molar-refractivity contribution is 7.98. The predicted molar refractivity (Wildman–Crippen MR) is 73.1 cm³/mol. The molecule has 0 aliphatic heterocycles. The zero-order chi connectivity index (χ0) is 12.8. The second-order valence-corrected chi connectivity index (χ2v) is 4.64. The number of nitrogens with zero attached hydrogens (tertiary/aromatic N) is 2. The smallest absolute Gasteiger partial charge is 0.208 e. The minimum absolute atomic E-state index is 0.384. The highest BCUT2D eigenvalue weighted by Gasteiger charge is 2.01. The number of rotatable bonds is 3. The molecule has 0 fully saturated rings. The molecule has 1 aromatic carbocycles. The molecule has 0 saturated carbocycles. The maximum Gasteiger partial charge on any atom is 0.208 e. The number of hydrogen-bond donors (Lipinski definition) is 2. The third kappa shape index (κ3) is 3.62. The van der Waals surface area contributed by atoms with Crippen LogP contribution in [-0.2, 0) is 5.75 Å². The lowest BCUT2D eigenvalue weighted by Crippen LogP contribution is -1.93. The van der Waals surface area contributed by atoms with Gasteiger partial charge in [0.1, 0.15) is 5.82 Å². The van der Waals surface area contributed by atoms with E-state index in [0.717, 1.165) is 22.3 Å². The van der Waals surface area contributed by atoms with Gasteiger partial charge in [0.25, 0.3) is 0 Å². The van der Waals surface area contributed by atoms with Gasteiger partial charge in [-0.3, -0.25) is 5.10 Å². The number of thioether (sulfide) groups is 1. The lowest BCUT2D eigenvalue weighted by molar-refractivity contribution is 0.969. The summed E-state index contributed by atoms with van der Waals surface area (Å²) in [7, 11) is 0. The van der Waals surface area contributed by atoms with E-state index in [1.807, 2.05) is 19.1 Å². The van der Waals surface area contributed by atoms with Crippen LogP contribution in [0.15, 0.2) is 29.4 Å². The number of aryl methyl sites for hydroxylation is 1. The molecule has 18 heavy (non-hydrogen) atoms. The van der Waals surface area contributed by atoms with Gasteiger partial charge < -0.3 is 5.73 Å². The van der Waals surface area contributed by atoms with Crippen molar-refractivity contribution >= 4 is 11.8 Å². The monoisotopic (exact) mass is 258 g/mol. The van der Waals surface area contributed by atoms with E-state index in [0.29, 0.717) is 6.54 Å². The van der Waals surface area contributed by atoms with Crippen LogP contribution < -0.4 is 5.73 Å². The number of aromatic nitrogens is 3. The zero-order valence-corrected chi connectivity index (χ0v) is 10.9. The number of benzene rings is 1. The van der Waals surface area contributed by atoms with Crippen molar-refractivity contribution in [2.45, 2.75) is 17.8 Å². The van der Waals surface area contributed by atoms with E-state index in [1.165, 1.54) is 5.56 Å². The van der Waals surface area contributed by atoms with Gasteiger partial charge in [0.15, 0.2) is 0 Å². The topological polar surface area (TPSA) is 67.6 Å². The fourth-order valence-electron chi connectivity index (χ4n) is 1.43. The Morgan fingerprint density at radius 3 is 3.06 bits per heavy atom. The van der Waals surface area contributed by atoms with Gasteiger partial charge in [0.2, 0.25) is 5.16 Å². The molecule has 5 heteroatoms. The first-order chi connectivity index (χ1) is 8.78. The Hall–Kier alpha value is -1.77. The van der Waals surface area contributed by atoms with Crippen LogP contribution in [0.5, 0.6) is 0 Å². The van der Waals surface area contributed by atoms with Crippen LogP contribution in [-0.4, -0.2) is 21.7 Å². The van der Waals surface area contributed by atoms with Gasteiger partial charge in [0.05, 0.1) is 6.54 Å². The molecule has 0 radical (unpaired) electrons. The van der Waals surface area contributed by atoms with E-state index >= 15 is 0 Å². The second kappa shape index (κ2) is 6.24. The van der Waals surface area contributed by atoms with Crippen molar-refractivity contribution in [2.75, 3.05) is 6.54 Å². The van der Waals surface area contributed by atoms with Crippen LogP contribution in [0, 0.1) is 18.8 Å². The molecule has 0 saturated heterocycles. The van der Waals surface area contributed by atoms with Gasteiger partial charge in [-0.1, -0.05) is 35.7 Å². The van der Waals surface area contributed by atoms with Crippen LogP contribution in [0.4, 0.5) is 0 Å². The first-order valence-corrected chi connectivity index (χ1v) is 6.56. The molecule has 0 aliphatic rings. The maximum absolute atomic E-state index is 5.35. The van der Waals surface area contributed by atoms with Gasteiger partial charge in [-0.15, -0.1) is 5.10 Å². The Morgan fingerprint density at radius 2 is 2.33 bits per heavy atom. The fraction of sp³-hybridized carbons (Fsp3) is 0.231. The molecule has 1 heterocycles. The number of nitrogens with one attached hydrogen (secondary N) is 1. The SMILES string of the molecule is Cc1nc(SCc2cccc(C#CCN)c2)n[nH]1. The summed E-state index contributed by atoms with van der Waals surface area (Å²) < 4.78 is 0. The van der Waals surface area contributed by atoms with Crippen LogP contribution in [0.1, 0.15) is 17.0 Å². The summed E-state index contributed by atoms with van der Waals surface area (Å²) in [6.07, 6.45) is 0. The molecule has 0 unspecified atom stereocenters. The molecule has 2 rings (SSSR count). The third-order valence-electron chi connectivity index (χ3n) is 2.21. The standard InChI is InChI=1S/C13H14N4S/c1-10-15-13(17-16-10)18-9-12-5-2-4-11(8-12)6-3-7-14/h2,4-5,8H,7,9,14H2,1H3,(H,15,16,17). The van der Waals surface area contributed by atoms with Crippen molar-refractivity contribution in [3.05, 3.63) is 41.2 Å². The van der Waals surface area contributed by atoms with Gasteiger partial charge in [0, 0.05) is 11.3 Å². The normalized spacial score (nSPS) is 9.89. The molecule has 1 aromatic heterocycles. The molecule has 2 aromatic rings. The van der Waals surface area contributed by atoms with Crippen LogP contribution in [0.2, 0.25) is 0 Å².